The minimum absolute atomic E-state index is 0. The van der Waals surface area contributed by atoms with Crippen molar-refractivity contribution >= 4 is 18.3 Å². The van der Waals surface area contributed by atoms with E-state index in [0.29, 0.717) is 0 Å². The first-order chi connectivity index (χ1) is 6.25. The molecule has 0 bridgehead atoms. The zero-order valence-corrected chi connectivity index (χ0v) is 9.69. The van der Waals surface area contributed by atoms with E-state index in [0.717, 1.165) is 38.2 Å². The summed E-state index contributed by atoms with van der Waals surface area (Å²) in [6, 6.07) is 0. The molecule has 1 fully saturated rings. The summed E-state index contributed by atoms with van der Waals surface area (Å²) in [5, 5.41) is 3.28. The molecule has 1 aliphatic rings. The molecule has 14 heavy (non-hydrogen) atoms. The lowest BCUT2D eigenvalue weighted by Crippen LogP contribution is -2.34. The van der Waals surface area contributed by atoms with Gasteiger partial charge in [0.05, 0.1) is 0 Å². The van der Waals surface area contributed by atoms with E-state index >= 15 is 0 Å². The summed E-state index contributed by atoms with van der Waals surface area (Å²) in [6.07, 6.45) is 2.93. The molecule has 0 saturated carbocycles. The lowest BCUT2D eigenvalue weighted by molar-refractivity contribution is -0.126. The molecule has 1 saturated heterocycles. The van der Waals surface area contributed by atoms with Crippen LogP contribution < -0.4 is 5.32 Å². The van der Waals surface area contributed by atoms with Crippen molar-refractivity contribution in [3.8, 4) is 0 Å². The standard InChI is InChI=1S/C10H18N2O.ClH/c1-3-9(2)10(13)12-7-4-5-11-6-8-12;/h3,11H,4-8H2,1-2H3;1H/b9-3-;. The summed E-state index contributed by atoms with van der Waals surface area (Å²) >= 11 is 0. The highest BCUT2D eigenvalue weighted by Gasteiger charge is 2.15. The van der Waals surface area contributed by atoms with E-state index in [9.17, 15) is 4.79 Å². The molecule has 0 radical (unpaired) electrons. The highest BCUT2D eigenvalue weighted by molar-refractivity contribution is 5.92. The van der Waals surface area contributed by atoms with Crippen LogP contribution in [0.1, 0.15) is 20.3 Å². The Labute approximate surface area is 92.0 Å². The van der Waals surface area contributed by atoms with Crippen LogP contribution in [0.15, 0.2) is 11.6 Å². The van der Waals surface area contributed by atoms with Gasteiger partial charge in [0.2, 0.25) is 5.91 Å². The third kappa shape index (κ3) is 3.68. The van der Waals surface area contributed by atoms with Crippen LogP contribution in [0.4, 0.5) is 0 Å². The molecule has 1 aliphatic heterocycles. The number of amides is 1. The molecule has 0 aromatic rings. The van der Waals surface area contributed by atoms with Crippen LogP contribution >= 0.6 is 12.4 Å². The van der Waals surface area contributed by atoms with Gasteiger partial charge in [0.15, 0.2) is 0 Å². The monoisotopic (exact) mass is 218 g/mol. The Morgan fingerprint density at radius 1 is 1.36 bits per heavy atom. The Morgan fingerprint density at radius 2 is 2.07 bits per heavy atom. The first-order valence-corrected chi connectivity index (χ1v) is 4.88. The molecule has 4 heteroatoms. The number of carbonyl (C=O) groups is 1. The van der Waals surface area contributed by atoms with E-state index in [1.807, 2.05) is 24.8 Å². The fourth-order valence-electron chi connectivity index (χ4n) is 1.42. The number of halogens is 1. The van der Waals surface area contributed by atoms with Crippen LogP contribution in [0.25, 0.3) is 0 Å². The summed E-state index contributed by atoms with van der Waals surface area (Å²) in [7, 11) is 0. The maximum absolute atomic E-state index is 11.7. The quantitative estimate of drug-likeness (QED) is 0.671. The summed E-state index contributed by atoms with van der Waals surface area (Å²) in [5.74, 6) is 0.186. The summed E-state index contributed by atoms with van der Waals surface area (Å²) in [6.45, 7) is 7.45. The van der Waals surface area contributed by atoms with E-state index in [4.69, 9.17) is 0 Å². The number of nitrogens with one attached hydrogen (secondary N) is 1. The first-order valence-electron chi connectivity index (χ1n) is 4.88. The predicted octanol–water partition coefficient (Wildman–Crippen LogP) is 1.20. The van der Waals surface area contributed by atoms with Gasteiger partial charge in [0.1, 0.15) is 0 Å². The van der Waals surface area contributed by atoms with Crippen molar-refractivity contribution in [2.45, 2.75) is 20.3 Å². The van der Waals surface area contributed by atoms with Crippen molar-refractivity contribution in [1.82, 2.24) is 10.2 Å². The maximum Gasteiger partial charge on any atom is 0.249 e. The van der Waals surface area contributed by atoms with Gasteiger partial charge in [-0.05, 0) is 26.8 Å². The van der Waals surface area contributed by atoms with Gasteiger partial charge in [-0.25, -0.2) is 0 Å². The Kier molecular flexibility index (Phi) is 6.58. The van der Waals surface area contributed by atoms with Gasteiger partial charge in [-0.1, -0.05) is 6.08 Å². The van der Waals surface area contributed by atoms with Crippen molar-refractivity contribution in [3.63, 3.8) is 0 Å². The van der Waals surface area contributed by atoms with E-state index in [-0.39, 0.29) is 18.3 Å². The fourth-order valence-corrected chi connectivity index (χ4v) is 1.42. The van der Waals surface area contributed by atoms with E-state index in [1.54, 1.807) is 0 Å². The minimum Gasteiger partial charge on any atom is -0.338 e. The average Bonchev–Trinajstić information content (AvgIpc) is 2.43. The smallest absolute Gasteiger partial charge is 0.249 e. The lowest BCUT2D eigenvalue weighted by Gasteiger charge is -2.19. The largest absolute Gasteiger partial charge is 0.338 e. The van der Waals surface area contributed by atoms with Crippen molar-refractivity contribution < 1.29 is 4.79 Å². The number of hydrogen-bond donors (Lipinski definition) is 1. The van der Waals surface area contributed by atoms with Crippen LogP contribution in [0, 0.1) is 0 Å². The van der Waals surface area contributed by atoms with E-state index in [2.05, 4.69) is 5.32 Å². The molecule has 0 aromatic heterocycles. The van der Waals surface area contributed by atoms with Gasteiger partial charge >= 0.3 is 0 Å². The average molecular weight is 219 g/mol. The Balaban J connectivity index is 0.00000169. The van der Waals surface area contributed by atoms with Crippen molar-refractivity contribution in [2.24, 2.45) is 0 Å². The second kappa shape index (κ2) is 6.85. The van der Waals surface area contributed by atoms with Gasteiger partial charge in [-0.2, -0.15) is 0 Å². The second-order valence-electron chi connectivity index (χ2n) is 3.37. The van der Waals surface area contributed by atoms with Crippen LogP contribution in [0.3, 0.4) is 0 Å². The van der Waals surface area contributed by atoms with Gasteiger partial charge < -0.3 is 10.2 Å². The normalized spacial score (nSPS) is 18.4. The highest BCUT2D eigenvalue weighted by atomic mass is 35.5. The molecule has 1 heterocycles. The molecule has 82 valence electrons. The summed E-state index contributed by atoms with van der Waals surface area (Å²) < 4.78 is 0. The Bertz CT molecular complexity index is 208. The van der Waals surface area contributed by atoms with Crippen molar-refractivity contribution in [2.75, 3.05) is 26.2 Å². The van der Waals surface area contributed by atoms with Gasteiger partial charge in [0.25, 0.3) is 0 Å². The SMILES string of the molecule is C/C=C(/C)C(=O)N1CCCNCC1.Cl. The maximum atomic E-state index is 11.7. The molecule has 0 aromatic carbocycles. The van der Waals surface area contributed by atoms with Crippen molar-refractivity contribution in [3.05, 3.63) is 11.6 Å². The topological polar surface area (TPSA) is 32.3 Å². The predicted molar refractivity (Wildman–Crippen MR) is 60.7 cm³/mol. The fraction of sp³-hybridized carbons (Fsp3) is 0.700. The second-order valence-corrected chi connectivity index (χ2v) is 3.37. The van der Waals surface area contributed by atoms with Crippen LogP contribution in [-0.4, -0.2) is 37.0 Å². The number of nitrogens with zero attached hydrogens (tertiary/aromatic N) is 1. The van der Waals surface area contributed by atoms with Crippen LogP contribution in [0.2, 0.25) is 0 Å². The molecule has 0 atom stereocenters. The lowest BCUT2D eigenvalue weighted by atomic mass is 10.2. The number of carbonyl (C=O) groups excluding carboxylic acids is 1. The number of rotatable bonds is 1. The number of allylic oxidation sites excluding steroid dienone is 1. The van der Waals surface area contributed by atoms with E-state index < -0.39 is 0 Å². The molecule has 1 rings (SSSR count). The number of hydrogen-bond acceptors (Lipinski definition) is 2. The molecule has 0 aliphatic carbocycles. The highest BCUT2D eigenvalue weighted by Crippen LogP contribution is 2.03. The summed E-state index contributed by atoms with van der Waals surface area (Å²) in [4.78, 5) is 13.6. The summed E-state index contributed by atoms with van der Waals surface area (Å²) in [5.41, 5.74) is 0.849. The van der Waals surface area contributed by atoms with E-state index in [1.165, 1.54) is 0 Å². The van der Waals surface area contributed by atoms with Gasteiger partial charge in [-0.3, -0.25) is 4.79 Å². The van der Waals surface area contributed by atoms with Gasteiger partial charge in [-0.15, -0.1) is 12.4 Å². The zero-order chi connectivity index (χ0) is 9.68. The third-order valence-electron chi connectivity index (χ3n) is 2.40. The molecule has 0 spiro atoms. The third-order valence-corrected chi connectivity index (χ3v) is 2.40. The molecule has 3 nitrogen and oxygen atoms in total. The molecular formula is C10H19ClN2O. The Morgan fingerprint density at radius 3 is 2.71 bits per heavy atom. The minimum atomic E-state index is 0. The zero-order valence-electron chi connectivity index (χ0n) is 8.88. The van der Waals surface area contributed by atoms with Gasteiger partial charge in [0, 0.05) is 25.2 Å². The molecule has 1 amide bonds. The molecule has 0 unspecified atom stereocenters. The first kappa shape index (κ1) is 13.5. The molecular weight excluding hydrogens is 200 g/mol. The van der Waals surface area contributed by atoms with Crippen molar-refractivity contribution in [1.29, 1.82) is 0 Å². The molecule has 1 N–H and O–H groups in total. The van der Waals surface area contributed by atoms with Crippen LogP contribution in [0.5, 0.6) is 0 Å². The Hall–Kier alpha value is -0.540. The van der Waals surface area contributed by atoms with Crippen LogP contribution in [-0.2, 0) is 4.79 Å².